The normalized spacial score (nSPS) is 50.6. The SMILES string of the molecule is COC(=O)C(O)[C@H]1[C@@]2(C)CC3(O)C([C@@H](O)C2=O)[C@@]2(O)C4=CC(=O)O[C@@H](c5ccoc5)[C@]4(C)CCC2[C@@]13C. The van der Waals surface area contributed by atoms with Crippen molar-refractivity contribution in [3.63, 3.8) is 0 Å². The summed E-state index contributed by atoms with van der Waals surface area (Å²) >= 11 is 0. The zero-order chi connectivity index (χ0) is 26.9. The van der Waals surface area contributed by atoms with Crippen LogP contribution in [0.2, 0.25) is 0 Å². The van der Waals surface area contributed by atoms with Gasteiger partial charge in [0.25, 0.3) is 0 Å². The van der Waals surface area contributed by atoms with Crippen molar-refractivity contribution in [3.05, 3.63) is 35.8 Å². The van der Waals surface area contributed by atoms with E-state index >= 15 is 0 Å². The van der Waals surface area contributed by atoms with Crippen molar-refractivity contribution in [2.24, 2.45) is 34.0 Å². The predicted molar refractivity (Wildman–Crippen MR) is 123 cm³/mol. The van der Waals surface area contributed by atoms with Gasteiger partial charge in [-0.3, -0.25) is 4.79 Å². The Morgan fingerprint density at radius 2 is 1.89 bits per heavy atom. The fraction of sp³-hybridized carbons (Fsp3) is 0.667. The third-order valence-electron chi connectivity index (χ3n) is 11.0. The van der Waals surface area contributed by atoms with E-state index in [-0.39, 0.29) is 12.0 Å². The molecule has 0 amide bonds. The monoisotopic (exact) mass is 516 g/mol. The Morgan fingerprint density at radius 1 is 1.19 bits per heavy atom. The number of methoxy groups -OCH3 is 1. The van der Waals surface area contributed by atoms with Gasteiger partial charge >= 0.3 is 11.9 Å². The van der Waals surface area contributed by atoms with E-state index in [4.69, 9.17) is 13.9 Å². The van der Waals surface area contributed by atoms with Gasteiger partial charge in [0.2, 0.25) is 0 Å². The number of carbonyl (C=O) groups is 3. The van der Waals surface area contributed by atoms with Gasteiger partial charge in [-0.15, -0.1) is 0 Å². The molecule has 4 unspecified atom stereocenters. The predicted octanol–water partition coefficient (Wildman–Crippen LogP) is 0.822. The summed E-state index contributed by atoms with van der Waals surface area (Å²) in [6.07, 6.45) is 0.351. The molecule has 2 heterocycles. The highest BCUT2D eigenvalue weighted by molar-refractivity contribution is 5.94. The largest absolute Gasteiger partial charge is 0.472 e. The van der Waals surface area contributed by atoms with Crippen LogP contribution in [0.5, 0.6) is 0 Å². The van der Waals surface area contributed by atoms with E-state index in [0.717, 1.165) is 7.11 Å². The van der Waals surface area contributed by atoms with Gasteiger partial charge in [-0.25, -0.2) is 9.59 Å². The molecule has 1 aliphatic heterocycles. The Hall–Kier alpha value is -2.53. The van der Waals surface area contributed by atoms with Crippen molar-refractivity contribution in [1.82, 2.24) is 0 Å². The highest BCUT2D eigenvalue weighted by Gasteiger charge is 2.88. The van der Waals surface area contributed by atoms with Crippen LogP contribution in [-0.4, -0.2) is 68.7 Å². The fourth-order valence-corrected chi connectivity index (χ4v) is 9.68. The molecule has 4 fully saturated rings. The molecule has 4 N–H and O–H groups in total. The third-order valence-corrected chi connectivity index (χ3v) is 11.0. The lowest BCUT2D eigenvalue weighted by molar-refractivity contribution is -0.190. The quantitative estimate of drug-likeness (QED) is 0.423. The first-order valence-corrected chi connectivity index (χ1v) is 12.6. The van der Waals surface area contributed by atoms with E-state index in [0.29, 0.717) is 18.4 Å². The number of hydrogen-bond acceptors (Lipinski definition) is 10. The van der Waals surface area contributed by atoms with E-state index in [2.05, 4.69) is 0 Å². The van der Waals surface area contributed by atoms with Crippen molar-refractivity contribution in [1.29, 1.82) is 0 Å². The molecule has 1 aromatic rings. The Kier molecular flexibility index (Phi) is 4.76. The Bertz CT molecular complexity index is 1240. The average molecular weight is 517 g/mol. The number of fused-ring (bicyclic) bond motifs is 6. The summed E-state index contributed by atoms with van der Waals surface area (Å²) in [7, 11) is 1.12. The van der Waals surface area contributed by atoms with Crippen LogP contribution < -0.4 is 0 Å². The average Bonchev–Trinajstić information content (AvgIpc) is 3.45. The summed E-state index contributed by atoms with van der Waals surface area (Å²) in [6, 6.07) is 1.67. The zero-order valence-electron chi connectivity index (χ0n) is 21.1. The third kappa shape index (κ3) is 2.49. The maximum atomic E-state index is 13.7. The second-order valence-electron chi connectivity index (χ2n) is 12.3. The van der Waals surface area contributed by atoms with Gasteiger partial charge in [0.05, 0.1) is 36.8 Å². The summed E-state index contributed by atoms with van der Waals surface area (Å²) in [6.45, 7) is 5.07. The first-order chi connectivity index (χ1) is 17.2. The molecular formula is C27H32O10. The Labute approximate surface area is 213 Å². The number of ether oxygens (including phenoxy) is 2. The zero-order valence-corrected chi connectivity index (χ0v) is 21.1. The summed E-state index contributed by atoms with van der Waals surface area (Å²) < 4.78 is 15.7. The maximum Gasteiger partial charge on any atom is 0.335 e. The standard InChI is InChI=1S/C27H32O10/c1-23-7-5-13-25(3)18(17(30)22(32)35-4)24(2)11-26(25,33)19(16(29)20(24)31)27(13,34)14(23)9-15(28)37-21(23)12-6-8-36-10-12/h6,8-10,13,16-19,21,29-30,33-34H,5,7,11H2,1-4H3/t13?,16-,17?,18+,19?,21+,23-,24-,25+,26?,27+/m1/s1. The molecule has 1 aromatic heterocycles. The molecule has 0 saturated heterocycles. The summed E-state index contributed by atoms with van der Waals surface area (Å²) in [4.78, 5) is 39.2. The topological polar surface area (TPSA) is 164 Å². The number of furan rings is 1. The molecular weight excluding hydrogens is 484 g/mol. The first kappa shape index (κ1) is 24.8. The molecule has 11 atom stereocenters. The van der Waals surface area contributed by atoms with Crippen LogP contribution in [-0.2, 0) is 23.9 Å². The van der Waals surface area contributed by atoms with Crippen molar-refractivity contribution in [2.75, 3.05) is 7.11 Å². The molecule has 4 aliphatic carbocycles. The van der Waals surface area contributed by atoms with Crippen LogP contribution in [0.3, 0.4) is 0 Å². The molecule has 6 rings (SSSR count). The number of carbonyl (C=O) groups excluding carboxylic acids is 3. The van der Waals surface area contributed by atoms with Gasteiger partial charge < -0.3 is 34.3 Å². The fourth-order valence-electron chi connectivity index (χ4n) is 9.68. The number of Topliss-reactive ketones (excluding diaryl/α,β-unsaturated/α-hetero) is 1. The van der Waals surface area contributed by atoms with Crippen LogP contribution >= 0.6 is 0 Å². The molecule has 0 aromatic carbocycles. The van der Waals surface area contributed by atoms with Crippen molar-refractivity contribution >= 4 is 17.7 Å². The minimum absolute atomic E-state index is 0.159. The Morgan fingerprint density at radius 3 is 2.51 bits per heavy atom. The molecule has 10 nitrogen and oxygen atoms in total. The summed E-state index contributed by atoms with van der Waals surface area (Å²) in [5.74, 6) is -5.64. The molecule has 200 valence electrons. The number of aliphatic hydroxyl groups is 4. The minimum Gasteiger partial charge on any atom is -0.472 e. The van der Waals surface area contributed by atoms with Gasteiger partial charge in [-0.2, -0.15) is 0 Å². The van der Waals surface area contributed by atoms with Crippen LogP contribution in [0.15, 0.2) is 34.7 Å². The molecule has 10 heteroatoms. The number of rotatable bonds is 3. The van der Waals surface area contributed by atoms with Crippen molar-refractivity contribution < 1.29 is 48.7 Å². The van der Waals surface area contributed by atoms with E-state index in [1.807, 2.05) is 6.92 Å². The lowest BCUT2D eigenvalue weighted by atomic mass is 9.49. The molecule has 0 spiro atoms. The number of esters is 2. The smallest absolute Gasteiger partial charge is 0.335 e. The number of hydrogen-bond donors (Lipinski definition) is 4. The van der Waals surface area contributed by atoms with E-state index in [1.54, 1.807) is 19.9 Å². The second kappa shape index (κ2) is 7.11. The lowest BCUT2D eigenvalue weighted by Crippen LogP contribution is -2.65. The highest BCUT2D eigenvalue weighted by atomic mass is 16.5. The van der Waals surface area contributed by atoms with Gasteiger partial charge in [0.1, 0.15) is 12.2 Å². The van der Waals surface area contributed by atoms with Crippen LogP contribution in [0.25, 0.3) is 0 Å². The van der Waals surface area contributed by atoms with Crippen molar-refractivity contribution in [3.8, 4) is 0 Å². The van der Waals surface area contributed by atoms with E-state index in [1.165, 1.54) is 18.6 Å². The number of cyclic esters (lactones) is 1. The van der Waals surface area contributed by atoms with E-state index < -0.39 is 81.2 Å². The number of aliphatic hydroxyl groups excluding tert-OH is 2. The molecule has 37 heavy (non-hydrogen) atoms. The van der Waals surface area contributed by atoms with Crippen molar-refractivity contribution in [2.45, 2.75) is 69.5 Å². The second-order valence-corrected chi connectivity index (χ2v) is 12.3. The van der Waals surface area contributed by atoms with Crippen LogP contribution in [0.1, 0.15) is 51.7 Å². The first-order valence-electron chi connectivity index (χ1n) is 12.6. The molecule has 0 radical (unpaired) electrons. The van der Waals surface area contributed by atoms with Gasteiger partial charge in [-0.1, -0.05) is 20.8 Å². The van der Waals surface area contributed by atoms with Gasteiger partial charge in [0, 0.05) is 39.7 Å². The lowest BCUT2D eigenvalue weighted by Gasteiger charge is -2.58. The van der Waals surface area contributed by atoms with E-state index in [9.17, 15) is 34.8 Å². The molecule has 4 saturated carbocycles. The molecule has 2 bridgehead atoms. The minimum atomic E-state index is -2.00. The summed E-state index contributed by atoms with van der Waals surface area (Å²) in [5.41, 5.74) is -6.71. The van der Waals surface area contributed by atoms with Crippen LogP contribution in [0.4, 0.5) is 0 Å². The van der Waals surface area contributed by atoms with Gasteiger partial charge in [0.15, 0.2) is 11.9 Å². The van der Waals surface area contributed by atoms with Crippen LogP contribution in [0, 0.1) is 34.0 Å². The maximum absolute atomic E-state index is 13.7. The molecule has 5 aliphatic rings. The summed E-state index contributed by atoms with van der Waals surface area (Å²) in [5, 5.41) is 47.8. The Balaban J connectivity index is 1.59. The van der Waals surface area contributed by atoms with Gasteiger partial charge in [-0.05, 0) is 30.9 Å². The number of ketones is 1. The highest BCUT2D eigenvalue weighted by Crippen LogP contribution is 2.80.